The van der Waals surface area contributed by atoms with E-state index in [-0.39, 0.29) is 18.1 Å². The fourth-order valence-electron chi connectivity index (χ4n) is 3.86. The lowest BCUT2D eigenvalue weighted by Gasteiger charge is -2.28. The van der Waals surface area contributed by atoms with Crippen molar-refractivity contribution in [2.24, 2.45) is 5.92 Å². The van der Waals surface area contributed by atoms with Crippen molar-refractivity contribution in [3.8, 4) is 0 Å². The van der Waals surface area contributed by atoms with Gasteiger partial charge in [-0.05, 0) is 39.2 Å². The number of amides is 1. The van der Waals surface area contributed by atoms with Crippen LogP contribution in [0.1, 0.15) is 64.9 Å². The number of nitrogens with zero attached hydrogens (tertiary/aromatic N) is 1. The summed E-state index contributed by atoms with van der Waals surface area (Å²) in [6, 6.07) is 8.89. The van der Waals surface area contributed by atoms with E-state index in [1.165, 1.54) is 4.90 Å². The van der Waals surface area contributed by atoms with Gasteiger partial charge in [-0.2, -0.15) is 0 Å². The lowest BCUT2D eigenvalue weighted by Crippen LogP contribution is -2.44. The number of carboxylic acid groups (broad SMARTS) is 1. The molecule has 1 aliphatic heterocycles. The van der Waals surface area contributed by atoms with Gasteiger partial charge in [-0.3, -0.25) is 14.5 Å². The number of likely N-dealkylation sites (tertiary alicyclic amines) is 1. The van der Waals surface area contributed by atoms with Gasteiger partial charge in [-0.1, -0.05) is 43.7 Å². The minimum Gasteiger partial charge on any atom is -0.475 e. The Labute approximate surface area is 177 Å². The Hall–Kier alpha value is -2.70. The van der Waals surface area contributed by atoms with Crippen molar-refractivity contribution in [2.45, 2.75) is 70.9 Å². The number of hydrogen-bond acceptors (Lipinski definition) is 5. The van der Waals surface area contributed by atoms with Crippen LogP contribution < -0.4 is 0 Å². The van der Waals surface area contributed by atoms with Crippen LogP contribution in [-0.4, -0.2) is 51.8 Å². The van der Waals surface area contributed by atoms with Gasteiger partial charge in [0.25, 0.3) is 0 Å². The zero-order chi connectivity index (χ0) is 22.5. The van der Waals surface area contributed by atoms with Gasteiger partial charge < -0.3 is 9.84 Å². The molecule has 1 saturated heterocycles. The molecule has 164 valence electrons. The van der Waals surface area contributed by atoms with E-state index in [2.05, 4.69) is 0 Å². The number of ketones is 2. The Balaban J connectivity index is 2.25. The Morgan fingerprint density at radius 3 is 2.33 bits per heavy atom. The third-order valence-electron chi connectivity index (χ3n) is 5.24. The van der Waals surface area contributed by atoms with Crippen LogP contribution in [0.25, 0.3) is 0 Å². The number of carbonyl (C=O) groups is 4. The van der Waals surface area contributed by atoms with Crippen molar-refractivity contribution in [3.63, 3.8) is 0 Å². The lowest BCUT2D eigenvalue weighted by molar-refractivity contribution is -0.151. The summed E-state index contributed by atoms with van der Waals surface area (Å²) in [5.74, 6) is -3.69. The predicted molar refractivity (Wildman–Crippen MR) is 111 cm³/mol. The molecule has 0 saturated carbocycles. The van der Waals surface area contributed by atoms with Gasteiger partial charge in [0.2, 0.25) is 5.78 Å². The number of ether oxygens (including phenoxy) is 1. The summed E-state index contributed by atoms with van der Waals surface area (Å²) in [4.78, 5) is 50.5. The van der Waals surface area contributed by atoms with Gasteiger partial charge in [0.05, 0.1) is 6.04 Å². The molecule has 1 heterocycles. The van der Waals surface area contributed by atoms with Crippen molar-refractivity contribution in [1.82, 2.24) is 4.90 Å². The molecule has 1 aromatic rings. The average Bonchev–Trinajstić information content (AvgIpc) is 3.12. The van der Waals surface area contributed by atoms with E-state index in [4.69, 9.17) is 9.84 Å². The molecule has 0 bridgehead atoms. The van der Waals surface area contributed by atoms with Crippen LogP contribution in [0.15, 0.2) is 30.3 Å². The molecule has 2 rings (SSSR count). The summed E-state index contributed by atoms with van der Waals surface area (Å²) >= 11 is 0. The largest absolute Gasteiger partial charge is 0.475 e. The fourth-order valence-corrected chi connectivity index (χ4v) is 3.86. The summed E-state index contributed by atoms with van der Waals surface area (Å²) < 4.78 is 5.50. The quantitative estimate of drug-likeness (QED) is 0.646. The highest BCUT2D eigenvalue weighted by Gasteiger charge is 2.42. The van der Waals surface area contributed by atoms with Gasteiger partial charge in [-0.25, -0.2) is 9.59 Å². The maximum atomic E-state index is 13.1. The second-order valence-electron chi connectivity index (χ2n) is 8.82. The van der Waals surface area contributed by atoms with E-state index in [1.807, 2.05) is 37.3 Å². The number of hydrogen-bond donors (Lipinski definition) is 1. The Morgan fingerprint density at radius 1 is 1.17 bits per heavy atom. The molecule has 0 aliphatic carbocycles. The lowest BCUT2D eigenvalue weighted by atomic mass is 9.88. The van der Waals surface area contributed by atoms with Gasteiger partial charge in [0.15, 0.2) is 5.78 Å². The summed E-state index contributed by atoms with van der Waals surface area (Å²) in [6.07, 6.45) is 0.561. The highest BCUT2D eigenvalue weighted by molar-refractivity contribution is 6.33. The van der Waals surface area contributed by atoms with Crippen LogP contribution in [0, 0.1) is 5.92 Å². The van der Waals surface area contributed by atoms with Crippen LogP contribution in [-0.2, 0) is 19.1 Å². The number of benzene rings is 1. The molecular weight excluding hydrogens is 386 g/mol. The van der Waals surface area contributed by atoms with Gasteiger partial charge in [0, 0.05) is 24.8 Å². The maximum Gasteiger partial charge on any atom is 0.410 e. The monoisotopic (exact) mass is 417 g/mol. The van der Waals surface area contributed by atoms with Crippen molar-refractivity contribution in [1.29, 1.82) is 0 Å². The zero-order valence-corrected chi connectivity index (χ0v) is 18.1. The highest BCUT2D eigenvalue weighted by atomic mass is 16.6. The van der Waals surface area contributed by atoms with Crippen LogP contribution in [0.4, 0.5) is 4.79 Å². The highest BCUT2D eigenvalue weighted by Crippen LogP contribution is 2.34. The van der Waals surface area contributed by atoms with Crippen molar-refractivity contribution in [2.75, 3.05) is 6.54 Å². The number of carbonyl (C=O) groups excluding carboxylic acids is 3. The second-order valence-corrected chi connectivity index (χ2v) is 8.82. The summed E-state index contributed by atoms with van der Waals surface area (Å²) in [7, 11) is 0. The van der Waals surface area contributed by atoms with E-state index < -0.39 is 35.4 Å². The minimum atomic E-state index is -1.53. The van der Waals surface area contributed by atoms with E-state index in [9.17, 15) is 19.2 Å². The molecule has 30 heavy (non-hydrogen) atoms. The van der Waals surface area contributed by atoms with Crippen LogP contribution in [0.5, 0.6) is 0 Å². The maximum absolute atomic E-state index is 13.1. The predicted octanol–water partition coefficient (Wildman–Crippen LogP) is 3.81. The van der Waals surface area contributed by atoms with Gasteiger partial charge in [0.1, 0.15) is 5.60 Å². The molecule has 1 aromatic carbocycles. The fraction of sp³-hybridized carbons (Fsp3) is 0.565. The standard InChI is InChI=1S/C23H31NO6/c1-5-9-16(20(26)21(27)28)13-19(25)18-12-17(15-10-7-6-8-11-15)14-24(18)22(29)30-23(2,3)4/h6-8,10-11,16-18H,5,9,12-14H2,1-4H3,(H,27,28)/t16?,17?,18-/m0/s1. The molecular formula is C23H31NO6. The van der Waals surface area contributed by atoms with E-state index in [0.29, 0.717) is 25.8 Å². The average molecular weight is 418 g/mol. The van der Waals surface area contributed by atoms with E-state index in [1.54, 1.807) is 20.8 Å². The molecule has 7 heteroatoms. The third-order valence-corrected chi connectivity index (χ3v) is 5.24. The van der Waals surface area contributed by atoms with Crippen LogP contribution in [0.2, 0.25) is 0 Å². The molecule has 0 aromatic heterocycles. The molecule has 2 unspecified atom stereocenters. The molecule has 1 aliphatic rings. The third kappa shape index (κ3) is 6.15. The van der Waals surface area contributed by atoms with Crippen LogP contribution >= 0.6 is 0 Å². The molecule has 0 spiro atoms. The van der Waals surface area contributed by atoms with Gasteiger partial charge in [-0.15, -0.1) is 0 Å². The number of rotatable bonds is 8. The summed E-state index contributed by atoms with van der Waals surface area (Å²) in [5.41, 5.74) is 0.313. The van der Waals surface area contributed by atoms with E-state index >= 15 is 0 Å². The van der Waals surface area contributed by atoms with Crippen molar-refractivity contribution >= 4 is 23.6 Å². The molecule has 1 N–H and O–H groups in total. The molecule has 1 fully saturated rings. The number of Topliss-reactive ketones (excluding diaryl/α,β-unsaturated/α-hetero) is 2. The normalized spacial score (nSPS) is 19.9. The smallest absolute Gasteiger partial charge is 0.410 e. The Bertz CT molecular complexity index is 783. The number of carboxylic acids is 1. The first-order valence-corrected chi connectivity index (χ1v) is 10.4. The first kappa shape index (κ1) is 23.6. The van der Waals surface area contributed by atoms with Crippen LogP contribution in [0.3, 0.4) is 0 Å². The Morgan fingerprint density at radius 2 is 1.80 bits per heavy atom. The molecule has 7 nitrogen and oxygen atoms in total. The Kier molecular flexibility index (Phi) is 7.76. The second kappa shape index (κ2) is 9.87. The SMILES string of the molecule is CCCC(CC(=O)[C@@H]1CC(c2ccccc2)CN1C(=O)OC(C)(C)C)C(=O)C(=O)O. The van der Waals surface area contributed by atoms with Crippen molar-refractivity contribution < 1.29 is 29.0 Å². The van der Waals surface area contributed by atoms with Gasteiger partial charge >= 0.3 is 12.1 Å². The molecule has 0 radical (unpaired) electrons. The number of aliphatic carboxylic acids is 1. The minimum absolute atomic E-state index is 0.0348. The molecule has 1 amide bonds. The topological polar surface area (TPSA) is 101 Å². The molecule has 3 atom stereocenters. The van der Waals surface area contributed by atoms with Crippen molar-refractivity contribution in [3.05, 3.63) is 35.9 Å². The van der Waals surface area contributed by atoms with E-state index in [0.717, 1.165) is 5.56 Å². The first-order valence-electron chi connectivity index (χ1n) is 10.4. The summed E-state index contributed by atoms with van der Waals surface area (Å²) in [5, 5.41) is 9.07. The summed E-state index contributed by atoms with van der Waals surface area (Å²) in [6.45, 7) is 7.45. The first-order chi connectivity index (χ1) is 14.0. The zero-order valence-electron chi connectivity index (χ0n) is 18.1.